The van der Waals surface area contributed by atoms with Crippen LogP contribution in [0.25, 0.3) is 0 Å². The van der Waals surface area contributed by atoms with Crippen molar-refractivity contribution in [3.63, 3.8) is 0 Å². The van der Waals surface area contributed by atoms with Gasteiger partial charge in [0.2, 0.25) is 0 Å². The highest BCUT2D eigenvalue weighted by Crippen LogP contribution is 2.37. The summed E-state index contributed by atoms with van der Waals surface area (Å²) in [6.07, 6.45) is 8.51. The number of allylic oxidation sites excluding steroid dienone is 4. The molecule has 0 radical (unpaired) electrons. The van der Waals surface area contributed by atoms with Gasteiger partial charge < -0.3 is 10.1 Å². The molecule has 3 nitrogen and oxygen atoms in total. The highest BCUT2D eigenvalue weighted by molar-refractivity contribution is 5.68. The van der Waals surface area contributed by atoms with Crippen LogP contribution in [0.1, 0.15) is 54.4 Å². The van der Waals surface area contributed by atoms with Crippen LogP contribution in [0, 0.1) is 11.8 Å². The molecule has 0 aromatic rings. The van der Waals surface area contributed by atoms with Crippen molar-refractivity contribution in [2.24, 2.45) is 11.8 Å². The predicted molar refractivity (Wildman–Crippen MR) is 83.6 cm³/mol. The number of carbonyl (C=O) groups excluding carboxylic acids is 1. The van der Waals surface area contributed by atoms with Gasteiger partial charge in [-0.15, -0.1) is 0 Å². The summed E-state index contributed by atoms with van der Waals surface area (Å²) in [5, 5.41) is 2.98. The second-order valence-corrected chi connectivity index (χ2v) is 6.41. The molecule has 0 aromatic carbocycles. The third-order valence-electron chi connectivity index (χ3n) is 3.47. The molecule has 3 unspecified atom stereocenters. The summed E-state index contributed by atoms with van der Waals surface area (Å²) in [5.41, 5.74) is 0.903. The number of hydrogen-bond donors (Lipinski definition) is 1. The van der Waals surface area contributed by atoms with Gasteiger partial charge in [-0.2, -0.15) is 0 Å². The Morgan fingerprint density at radius 2 is 1.85 bits per heavy atom. The minimum Gasteiger partial charge on any atom is -0.444 e. The Labute approximate surface area is 123 Å². The average Bonchev–Trinajstić information content (AvgIpc) is 2.70. The van der Waals surface area contributed by atoms with Gasteiger partial charge in [-0.3, -0.25) is 0 Å². The molecule has 0 aliphatic heterocycles. The van der Waals surface area contributed by atoms with Crippen LogP contribution < -0.4 is 5.32 Å². The van der Waals surface area contributed by atoms with Crippen LogP contribution in [-0.2, 0) is 4.74 Å². The van der Waals surface area contributed by atoms with Crippen LogP contribution in [0.4, 0.5) is 4.79 Å². The van der Waals surface area contributed by atoms with E-state index >= 15 is 0 Å². The maximum atomic E-state index is 11.7. The van der Waals surface area contributed by atoms with Gasteiger partial charge in [0.1, 0.15) is 5.60 Å². The molecular formula is C17H29NO2. The zero-order valence-electron chi connectivity index (χ0n) is 13.7. The van der Waals surface area contributed by atoms with Gasteiger partial charge in [0.05, 0.1) is 0 Å². The number of amides is 1. The van der Waals surface area contributed by atoms with E-state index in [2.05, 4.69) is 30.5 Å². The molecule has 0 aromatic heterocycles. The molecule has 0 spiro atoms. The van der Waals surface area contributed by atoms with E-state index in [0.717, 1.165) is 12.8 Å². The van der Waals surface area contributed by atoms with Crippen molar-refractivity contribution < 1.29 is 9.53 Å². The molecule has 1 saturated carbocycles. The minimum absolute atomic E-state index is 0.238. The Balaban J connectivity index is 0.000000956. The van der Waals surface area contributed by atoms with E-state index in [4.69, 9.17) is 4.74 Å². The fraction of sp³-hybridized carbons (Fsp3) is 0.706. The van der Waals surface area contributed by atoms with Gasteiger partial charge in [-0.1, -0.05) is 37.6 Å². The summed E-state index contributed by atoms with van der Waals surface area (Å²) in [4.78, 5) is 11.7. The fourth-order valence-electron chi connectivity index (χ4n) is 2.78. The Morgan fingerprint density at radius 1 is 1.25 bits per heavy atom. The Bertz CT molecular complexity index is 390. The third-order valence-corrected chi connectivity index (χ3v) is 3.47. The molecule has 0 heterocycles. The largest absolute Gasteiger partial charge is 0.444 e. The van der Waals surface area contributed by atoms with Crippen LogP contribution in [0.3, 0.4) is 0 Å². The number of hydrogen-bond acceptors (Lipinski definition) is 2. The van der Waals surface area contributed by atoms with Crippen molar-refractivity contribution in [2.45, 2.75) is 66.0 Å². The van der Waals surface area contributed by atoms with E-state index in [1.165, 1.54) is 5.57 Å². The van der Waals surface area contributed by atoms with Gasteiger partial charge in [-0.25, -0.2) is 4.79 Å². The molecule has 0 bridgehead atoms. The molecule has 20 heavy (non-hydrogen) atoms. The third kappa shape index (κ3) is 5.03. The fourth-order valence-corrected chi connectivity index (χ4v) is 2.78. The molecule has 2 aliphatic carbocycles. The quantitative estimate of drug-likeness (QED) is 0.770. The van der Waals surface area contributed by atoms with Crippen molar-refractivity contribution >= 4 is 6.09 Å². The highest BCUT2D eigenvalue weighted by Gasteiger charge is 2.34. The first-order valence-electron chi connectivity index (χ1n) is 7.69. The molecule has 0 saturated heterocycles. The summed E-state index contributed by atoms with van der Waals surface area (Å²) in [7, 11) is 0. The molecule has 2 aliphatic rings. The highest BCUT2D eigenvalue weighted by atomic mass is 16.6. The Kier molecular flexibility index (Phi) is 5.85. The van der Waals surface area contributed by atoms with Gasteiger partial charge in [0, 0.05) is 6.04 Å². The zero-order chi connectivity index (χ0) is 15.3. The lowest BCUT2D eigenvalue weighted by molar-refractivity contribution is 0.0504. The number of carbonyl (C=O) groups is 1. The molecule has 3 atom stereocenters. The topological polar surface area (TPSA) is 38.3 Å². The Hall–Kier alpha value is -1.25. The maximum Gasteiger partial charge on any atom is 0.407 e. The normalized spacial score (nSPS) is 27.9. The molecule has 114 valence electrons. The van der Waals surface area contributed by atoms with Gasteiger partial charge in [0.25, 0.3) is 0 Å². The predicted octanol–water partition coefficient (Wildman–Crippen LogP) is 4.45. The average molecular weight is 279 g/mol. The summed E-state index contributed by atoms with van der Waals surface area (Å²) in [5.74, 6) is 1.16. The second-order valence-electron chi connectivity index (χ2n) is 6.41. The van der Waals surface area contributed by atoms with Crippen molar-refractivity contribution in [1.29, 1.82) is 0 Å². The lowest BCUT2D eigenvalue weighted by atomic mass is 9.89. The smallest absolute Gasteiger partial charge is 0.407 e. The van der Waals surface area contributed by atoms with Crippen molar-refractivity contribution in [3.8, 4) is 0 Å². The van der Waals surface area contributed by atoms with Crippen LogP contribution >= 0.6 is 0 Å². The summed E-state index contributed by atoms with van der Waals surface area (Å²) in [6.45, 7) is 11.8. The lowest BCUT2D eigenvalue weighted by Gasteiger charge is -2.21. The van der Waals surface area contributed by atoms with Crippen molar-refractivity contribution in [3.05, 3.63) is 23.8 Å². The van der Waals surface area contributed by atoms with E-state index in [-0.39, 0.29) is 12.1 Å². The van der Waals surface area contributed by atoms with E-state index in [0.29, 0.717) is 11.8 Å². The van der Waals surface area contributed by atoms with Gasteiger partial charge in [-0.05, 0) is 52.4 Å². The molecular weight excluding hydrogens is 250 g/mol. The first kappa shape index (κ1) is 16.8. The monoisotopic (exact) mass is 279 g/mol. The van der Waals surface area contributed by atoms with Gasteiger partial charge in [0.15, 0.2) is 0 Å². The SMILES string of the molecule is CC.CC1=CC2CC(NC(=O)OC(C)(C)C)CC2C=C1. The van der Waals surface area contributed by atoms with Crippen LogP contribution in [0.2, 0.25) is 0 Å². The van der Waals surface area contributed by atoms with E-state index in [9.17, 15) is 4.79 Å². The van der Waals surface area contributed by atoms with Crippen molar-refractivity contribution in [2.75, 3.05) is 0 Å². The standard InChI is InChI=1S/C15H23NO2.C2H6/c1-10-5-6-11-8-13(9-12(11)7-10)16-14(17)18-15(2,3)4;1-2/h5-7,11-13H,8-9H2,1-4H3,(H,16,17);1-2H3. The Morgan fingerprint density at radius 3 is 2.45 bits per heavy atom. The minimum atomic E-state index is -0.425. The van der Waals surface area contributed by atoms with Gasteiger partial charge >= 0.3 is 6.09 Å². The number of alkyl carbamates (subject to hydrolysis) is 1. The maximum absolute atomic E-state index is 11.7. The number of nitrogens with one attached hydrogen (secondary N) is 1. The lowest BCUT2D eigenvalue weighted by Crippen LogP contribution is -2.38. The molecule has 1 amide bonds. The van der Waals surface area contributed by atoms with E-state index in [1.807, 2.05) is 34.6 Å². The second kappa shape index (κ2) is 6.96. The van der Waals surface area contributed by atoms with Crippen LogP contribution in [0.5, 0.6) is 0 Å². The first-order valence-corrected chi connectivity index (χ1v) is 7.69. The van der Waals surface area contributed by atoms with E-state index < -0.39 is 5.60 Å². The number of fused-ring (bicyclic) bond motifs is 1. The summed E-state index contributed by atoms with van der Waals surface area (Å²) in [6, 6.07) is 0.238. The zero-order valence-corrected chi connectivity index (χ0v) is 13.7. The molecule has 2 rings (SSSR count). The van der Waals surface area contributed by atoms with Crippen LogP contribution in [-0.4, -0.2) is 17.7 Å². The molecule has 1 N–H and O–H groups in total. The van der Waals surface area contributed by atoms with Crippen molar-refractivity contribution in [1.82, 2.24) is 5.32 Å². The number of ether oxygens (including phenoxy) is 1. The molecule has 3 heteroatoms. The van der Waals surface area contributed by atoms with E-state index in [1.54, 1.807) is 0 Å². The summed E-state index contributed by atoms with van der Waals surface area (Å²) < 4.78 is 5.29. The number of rotatable bonds is 1. The first-order chi connectivity index (χ1) is 9.33. The molecule has 1 fully saturated rings. The summed E-state index contributed by atoms with van der Waals surface area (Å²) >= 11 is 0. The van der Waals surface area contributed by atoms with Crippen LogP contribution in [0.15, 0.2) is 23.8 Å².